The van der Waals surface area contributed by atoms with Gasteiger partial charge in [0, 0.05) is 25.7 Å². The fourth-order valence-electron chi connectivity index (χ4n) is 2.77. The third-order valence-electron chi connectivity index (χ3n) is 4.32. The summed E-state index contributed by atoms with van der Waals surface area (Å²) in [6.45, 7) is 3.75. The molecule has 0 aliphatic rings. The van der Waals surface area contributed by atoms with Gasteiger partial charge in [-0.25, -0.2) is 8.42 Å². The second-order valence-corrected chi connectivity index (χ2v) is 7.92. The summed E-state index contributed by atoms with van der Waals surface area (Å²) in [4.78, 5) is 10.5. The van der Waals surface area contributed by atoms with Gasteiger partial charge in [0.1, 0.15) is 0 Å². The number of nitro groups is 1. The zero-order chi connectivity index (χ0) is 19.3. The number of rotatable bonds is 8. The molecular weight excluding hydrogens is 390 g/mol. The van der Waals surface area contributed by atoms with Gasteiger partial charge in [0.25, 0.3) is 5.69 Å². The van der Waals surface area contributed by atoms with Gasteiger partial charge in [-0.15, -0.1) is 12.4 Å². The quantitative estimate of drug-likeness (QED) is 0.529. The van der Waals surface area contributed by atoms with Crippen LogP contribution in [0.2, 0.25) is 0 Å². The molecular formula is C18H24ClN3O4S. The number of hydrogen-bond acceptors (Lipinski definition) is 5. The van der Waals surface area contributed by atoms with E-state index in [0.29, 0.717) is 17.5 Å². The fourth-order valence-corrected chi connectivity index (χ4v) is 4.66. The van der Waals surface area contributed by atoms with Gasteiger partial charge in [-0.05, 0) is 37.0 Å². The van der Waals surface area contributed by atoms with E-state index < -0.39 is 20.6 Å². The van der Waals surface area contributed by atoms with E-state index in [4.69, 9.17) is 5.73 Å². The molecule has 0 spiro atoms. The zero-order valence-electron chi connectivity index (χ0n) is 15.3. The number of halogens is 1. The summed E-state index contributed by atoms with van der Waals surface area (Å²) >= 11 is 0. The molecule has 0 saturated heterocycles. The highest BCUT2D eigenvalue weighted by Gasteiger charge is 2.33. The van der Waals surface area contributed by atoms with Crippen LogP contribution in [0.25, 0.3) is 0 Å². The molecule has 0 amide bonds. The maximum Gasteiger partial charge on any atom is 0.289 e. The summed E-state index contributed by atoms with van der Waals surface area (Å²) in [5, 5.41) is 11.4. The minimum atomic E-state index is -4.05. The van der Waals surface area contributed by atoms with E-state index >= 15 is 0 Å². The van der Waals surface area contributed by atoms with Crippen LogP contribution in [0.15, 0.2) is 47.4 Å². The Hall–Kier alpha value is -2.00. The van der Waals surface area contributed by atoms with Crippen molar-refractivity contribution >= 4 is 28.1 Å². The van der Waals surface area contributed by atoms with Crippen molar-refractivity contribution in [3.05, 3.63) is 69.3 Å². The van der Waals surface area contributed by atoms with Crippen molar-refractivity contribution in [2.24, 2.45) is 5.73 Å². The van der Waals surface area contributed by atoms with E-state index in [1.165, 1.54) is 10.4 Å². The highest BCUT2D eigenvalue weighted by molar-refractivity contribution is 7.89. The van der Waals surface area contributed by atoms with E-state index in [1.54, 1.807) is 19.9 Å². The maximum absolute atomic E-state index is 13.2. The molecule has 0 saturated carbocycles. The molecule has 9 heteroatoms. The van der Waals surface area contributed by atoms with Gasteiger partial charge in [-0.3, -0.25) is 10.1 Å². The number of sulfonamides is 1. The van der Waals surface area contributed by atoms with Gasteiger partial charge in [0.15, 0.2) is 4.90 Å². The predicted molar refractivity (Wildman–Crippen MR) is 108 cm³/mol. The molecule has 0 aromatic heterocycles. The van der Waals surface area contributed by atoms with Crippen LogP contribution in [-0.2, 0) is 16.4 Å². The predicted octanol–water partition coefficient (Wildman–Crippen LogP) is 2.83. The second kappa shape index (κ2) is 9.80. The van der Waals surface area contributed by atoms with Crippen LogP contribution in [0.5, 0.6) is 0 Å². The Labute approximate surface area is 165 Å². The fraction of sp³-hybridized carbons (Fsp3) is 0.333. The number of aryl methyl sites for hydroxylation is 1. The lowest BCUT2D eigenvalue weighted by Crippen LogP contribution is -2.37. The van der Waals surface area contributed by atoms with Gasteiger partial charge in [-0.1, -0.05) is 36.4 Å². The van der Waals surface area contributed by atoms with Crippen molar-refractivity contribution in [3.63, 3.8) is 0 Å². The Bertz CT molecular complexity index is 889. The Morgan fingerprint density at radius 1 is 1.07 bits per heavy atom. The summed E-state index contributed by atoms with van der Waals surface area (Å²) in [5.74, 6) is 0. The normalized spacial score (nSPS) is 11.3. The number of benzene rings is 2. The molecule has 0 aliphatic carbocycles. The van der Waals surface area contributed by atoms with Crippen LogP contribution < -0.4 is 5.73 Å². The van der Waals surface area contributed by atoms with Gasteiger partial charge in [0.05, 0.1) is 4.92 Å². The first-order valence-electron chi connectivity index (χ1n) is 8.27. The van der Waals surface area contributed by atoms with Crippen molar-refractivity contribution < 1.29 is 13.3 Å². The molecule has 2 N–H and O–H groups in total. The van der Waals surface area contributed by atoms with Crippen molar-refractivity contribution in [1.82, 2.24) is 4.31 Å². The lowest BCUT2D eigenvalue weighted by Gasteiger charge is -2.23. The lowest BCUT2D eigenvalue weighted by atomic mass is 10.1. The molecule has 148 valence electrons. The molecule has 0 fully saturated rings. The summed E-state index contributed by atoms with van der Waals surface area (Å²) in [6, 6.07) is 12.3. The molecule has 0 bridgehead atoms. The summed E-state index contributed by atoms with van der Waals surface area (Å²) < 4.78 is 27.6. The number of hydrogen-bond donors (Lipinski definition) is 1. The average Bonchev–Trinajstić information content (AvgIpc) is 2.61. The van der Waals surface area contributed by atoms with E-state index in [1.807, 2.05) is 30.3 Å². The van der Waals surface area contributed by atoms with E-state index in [2.05, 4.69) is 0 Å². The first-order chi connectivity index (χ1) is 12.3. The third kappa shape index (κ3) is 5.26. The number of nitrogens with two attached hydrogens (primary N) is 1. The monoisotopic (exact) mass is 413 g/mol. The average molecular weight is 414 g/mol. The van der Waals surface area contributed by atoms with E-state index in [9.17, 15) is 18.5 Å². The first-order valence-corrected chi connectivity index (χ1v) is 9.71. The highest BCUT2D eigenvalue weighted by Crippen LogP contribution is 2.31. The Morgan fingerprint density at radius 2 is 1.70 bits per heavy atom. The van der Waals surface area contributed by atoms with Gasteiger partial charge in [0.2, 0.25) is 10.0 Å². The van der Waals surface area contributed by atoms with Crippen LogP contribution in [-0.4, -0.2) is 37.3 Å². The van der Waals surface area contributed by atoms with Crippen molar-refractivity contribution in [2.75, 3.05) is 19.6 Å². The minimum Gasteiger partial charge on any atom is -0.329 e. The minimum absolute atomic E-state index is 0. The van der Waals surface area contributed by atoms with Crippen LogP contribution in [0.4, 0.5) is 5.69 Å². The SMILES string of the molecule is Cc1ccc([N+](=O)[O-])c(S(=O)(=O)N(CCN)CCc2ccccc2)c1C.Cl. The van der Waals surface area contributed by atoms with Crippen molar-refractivity contribution in [3.8, 4) is 0 Å². The first kappa shape index (κ1) is 23.0. The Kier molecular flexibility index (Phi) is 8.36. The topological polar surface area (TPSA) is 107 Å². The molecule has 0 heterocycles. The molecule has 7 nitrogen and oxygen atoms in total. The Morgan fingerprint density at radius 3 is 2.26 bits per heavy atom. The van der Waals surface area contributed by atoms with Crippen LogP contribution in [0, 0.1) is 24.0 Å². The second-order valence-electron chi connectivity index (χ2n) is 6.04. The van der Waals surface area contributed by atoms with E-state index in [0.717, 1.165) is 5.56 Å². The van der Waals surface area contributed by atoms with Crippen LogP contribution in [0.1, 0.15) is 16.7 Å². The van der Waals surface area contributed by atoms with E-state index in [-0.39, 0.29) is 36.9 Å². The Balaban J connectivity index is 0.00000364. The van der Waals surface area contributed by atoms with Gasteiger partial charge < -0.3 is 5.73 Å². The number of nitro benzene ring substituents is 1. The molecule has 2 aromatic rings. The number of nitrogens with zero attached hydrogens (tertiary/aromatic N) is 2. The maximum atomic E-state index is 13.2. The summed E-state index contributed by atoms with van der Waals surface area (Å²) in [5.41, 5.74) is 7.25. The molecule has 0 radical (unpaired) electrons. The van der Waals surface area contributed by atoms with Gasteiger partial charge >= 0.3 is 0 Å². The van der Waals surface area contributed by atoms with Crippen molar-refractivity contribution in [2.45, 2.75) is 25.2 Å². The molecule has 2 aromatic carbocycles. The van der Waals surface area contributed by atoms with Crippen molar-refractivity contribution in [1.29, 1.82) is 0 Å². The molecule has 2 rings (SSSR count). The molecule has 0 unspecified atom stereocenters. The van der Waals surface area contributed by atoms with Crippen LogP contribution in [0.3, 0.4) is 0 Å². The van der Waals surface area contributed by atoms with Crippen LogP contribution >= 0.6 is 12.4 Å². The zero-order valence-corrected chi connectivity index (χ0v) is 16.9. The standard InChI is InChI=1S/C18H23N3O4S.ClH/c1-14-8-9-17(21(22)23)18(15(14)2)26(24,25)20(13-11-19)12-10-16-6-4-3-5-7-16;/h3-9H,10-13,19H2,1-2H3;1H. The summed E-state index contributed by atoms with van der Waals surface area (Å²) in [6.07, 6.45) is 0.499. The highest BCUT2D eigenvalue weighted by atomic mass is 35.5. The molecule has 0 aliphatic heterocycles. The third-order valence-corrected chi connectivity index (χ3v) is 6.40. The molecule has 0 atom stereocenters. The lowest BCUT2D eigenvalue weighted by molar-refractivity contribution is -0.388. The van der Waals surface area contributed by atoms with Gasteiger partial charge in [-0.2, -0.15) is 4.31 Å². The molecule has 27 heavy (non-hydrogen) atoms. The summed E-state index contributed by atoms with van der Waals surface area (Å²) in [7, 11) is -4.05. The largest absolute Gasteiger partial charge is 0.329 e. The smallest absolute Gasteiger partial charge is 0.289 e.